The van der Waals surface area contributed by atoms with Gasteiger partial charge in [0.2, 0.25) is 0 Å². The van der Waals surface area contributed by atoms with Crippen LogP contribution in [0, 0.1) is 13.8 Å². The molecule has 5 aromatic rings. The molecule has 0 amide bonds. The summed E-state index contributed by atoms with van der Waals surface area (Å²) >= 11 is 1.69. The first-order chi connectivity index (χ1) is 15.7. The fraction of sp³-hybridized carbons (Fsp3) is 0.192. The first-order valence-corrected chi connectivity index (χ1v) is 11.5. The van der Waals surface area contributed by atoms with E-state index in [0.717, 1.165) is 52.2 Å². The summed E-state index contributed by atoms with van der Waals surface area (Å²) < 4.78 is 5.21. The molecule has 5 nitrogen and oxygen atoms in total. The third-order valence-electron chi connectivity index (χ3n) is 5.39. The first-order valence-electron chi connectivity index (χ1n) is 10.7. The van der Waals surface area contributed by atoms with Crippen LogP contribution in [0.15, 0.2) is 71.7 Å². The third-order valence-corrected chi connectivity index (χ3v) is 6.34. The number of fused-ring (bicyclic) bond motifs is 1. The van der Waals surface area contributed by atoms with Crippen molar-refractivity contribution in [3.05, 3.63) is 83.3 Å². The molecule has 0 spiro atoms. The van der Waals surface area contributed by atoms with Gasteiger partial charge in [0.05, 0.1) is 22.9 Å². The van der Waals surface area contributed by atoms with Gasteiger partial charge in [-0.25, -0.2) is 9.97 Å². The lowest BCUT2D eigenvalue weighted by molar-refractivity contribution is 0.568. The number of pyridine rings is 1. The molecule has 32 heavy (non-hydrogen) atoms. The molecule has 0 saturated carbocycles. The lowest BCUT2D eigenvalue weighted by Crippen LogP contribution is -2.06. The Hall–Kier alpha value is -3.51. The Morgan fingerprint density at radius 1 is 0.969 bits per heavy atom. The maximum Gasteiger partial charge on any atom is 0.166 e. The molecule has 160 valence electrons. The van der Waals surface area contributed by atoms with E-state index in [1.54, 1.807) is 23.9 Å². The zero-order chi connectivity index (χ0) is 21.9. The van der Waals surface area contributed by atoms with Crippen LogP contribution in [0.4, 0.5) is 5.82 Å². The Morgan fingerprint density at radius 3 is 2.59 bits per heavy atom. The highest BCUT2D eigenvalue weighted by atomic mass is 32.1. The Balaban J connectivity index is 1.24. The summed E-state index contributed by atoms with van der Waals surface area (Å²) in [6.45, 7) is 4.99. The number of hydrogen-bond acceptors (Lipinski definition) is 6. The SMILES string of the molecule is Cc1ccc(-c2ccc(CCCNc3nc(-c4ccoc4)nc4sc(C)cc34)cc2)nc1. The second kappa shape index (κ2) is 8.93. The van der Waals surface area contributed by atoms with Gasteiger partial charge in [-0.2, -0.15) is 0 Å². The van der Waals surface area contributed by atoms with Gasteiger partial charge in [-0.15, -0.1) is 11.3 Å². The number of hydrogen-bond donors (Lipinski definition) is 1. The van der Waals surface area contributed by atoms with Crippen molar-refractivity contribution in [1.29, 1.82) is 0 Å². The number of benzene rings is 1. The predicted octanol–water partition coefficient (Wildman–Crippen LogP) is 6.67. The van der Waals surface area contributed by atoms with E-state index in [2.05, 4.69) is 66.6 Å². The van der Waals surface area contributed by atoms with Gasteiger partial charge >= 0.3 is 0 Å². The largest absolute Gasteiger partial charge is 0.472 e. The summed E-state index contributed by atoms with van der Waals surface area (Å²) in [7, 11) is 0. The third kappa shape index (κ3) is 4.41. The Bertz CT molecular complexity index is 1320. The van der Waals surface area contributed by atoms with Crippen molar-refractivity contribution >= 4 is 27.4 Å². The fourth-order valence-corrected chi connectivity index (χ4v) is 4.56. The molecule has 0 aliphatic heterocycles. The molecule has 0 unspecified atom stereocenters. The molecule has 5 rings (SSSR count). The minimum atomic E-state index is 0.691. The van der Waals surface area contributed by atoms with Gasteiger partial charge in [-0.1, -0.05) is 30.3 Å². The number of thiophene rings is 1. The van der Waals surface area contributed by atoms with Crippen molar-refractivity contribution < 1.29 is 4.42 Å². The molecular weight excluding hydrogens is 416 g/mol. The molecule has 0 radical (unpaired) electrons. The topological polar surface area (TPSA) is 63.8 Å². The number of furan rings is 1. The van der Waals surface area contributed by atoms with E-state index in [9.17, 15) is 0 Å². The van der Waals surface area contributed by atoms with E-state index >= 15 is 0 Å². The van der Waals surface area contributed by atoms with Crippen molar-refractivity contribution in [1.82, 2.24) is 15.0 Å². The molecule has 1 aromatic carbocycles. The summed E-state index contributed by atoms with van der Waals surface area (Å²) in [5.74, 6) is 1.58. The zero-order valence-electron chi connectivity index (χ0n) is 18.1. The van der Waals surface area contributed by atoms with E-state index in [1.807, 2.05) is 12.3 Å². The van der Waals surface area contributed by atoms with Gasteiger partial charge in [0.25, 0.3) is 0 Å². The number of anilines is 1. The highest BCUT2D eigenvalue weighted by Gasteiger charge is 2.12. The molecule has 0 saturated heterocycles. The number of rotatable bonds is 7. The van der Waals surface area contributed by atoms with E-state index < -0.39 is 0 Å². The molecular formula is C26H24N4OS. The molecule has 4 aromatic heterocycles. The van der Waals surface area contributed by atoms with Crippen LogP contribution in [-0.2, 0) is 6.42 Å². The minimum absolute atomic E-state index is 0.691. The summed E-state index contributed by atoms with van der Waals surface area (Å²) in [6, 6.07) is 16.9. The molecule has 0 aliphatic carbocycles. The van der Waals surface area contributed by atoms with Crippen molar-refractivity contribution in [3.63, 3.8) is 0 Å². The Morgan fingerprint density at radius 2 is 1.84 bits per heavy atom. The number of aromatic nitrogens is 3. The second-order valence-electron chi connectivity index (χ2n) is 7.93. The molecule has 6 heteroatoms. The number of nitrogens with zero attached hydrogens (tertiary/aromatic N) is 3. The van der Waals surface area contributed by atoms with E-state index in [-0.39, 0.29) is 0 Å². The zero-order valence-corrected chi connectivity index (χ0v) is 18.9. The van der Waals surface area contributed by atoms with Crippen molar-refractivity contribution in [2.45, 2.75) is 26.7 Å². The number of nitrogens with one attached hydrogen (secondary N) is 1. The first kappa shape index (κ1) is 20.4. The van der Waals surface area contributed by atoms with Crippen LogP contribution < -0.4 is 5.32 Å². The molecule has 1 N–H and O–H groups in total. The highest BCUT2D eigenvalue weighted by Crippen LogP contribution is 2.31. The normalized spacial score (nSPS) is 11.2. The monoisotopic (exact) mass is 440 g/mol. The van der Waals surface area contributed by atoms with Crippen LogP contribution in [-0.4, -0.2) is 21.5 Å². The summed E-state index contributed by atoms with van der Waals surface area (Å²) in [4.78, 5) is 16.2. The fourth-order valence-electron chi connectivity index (χ4n) is 3.68. The van der Waals surface area contributed by atoms with E-state index in [1.165, 1.54) is 16.0 Å². The summed E-state index contributed by atoms with van der Waals surface area (Å²) in [5, 5.41) is 4.61. The molecule has 0 atom stereocenters. The van der Waals surface area contributed by atoms with Crippen LogP contribution >= 0.6 is 11.3 Å². The minimum Gasteiger partial charge on any atom is -0.472 e. The maximum atomic E-state index is 5.21. The van der Waals surface area contributed by atoms with Gasteiger partial charge < -0.3 is 9.73 Å². The molecule has 0 aliphatic rings. The second-order valence-corrected chi connectivity index (χ2v) is 9.17. The summed E-state index contributed by atoms with van der Waals surface area (Å²) in [5.41, 5.74) is 5.55. The van der Waals surface area contributed by atoms with Crippen molar-refractivity contribution in [2.75, 3.05) is 11.9 Å². The van der Waals surface area contributed by atoms with Gasteiger partial charge in [0.15, 0.2) is 5.82 Å². The van der Waals surface area contributed by atoms with Crippen LogP contribution in [0.3, 0.4) is 0 Å². The molecule has 4 heterocycles. The Labute approximate surface area is 191 Å². The van der Waals surface area contributed by atoms with E-state index in [0.29, 0.717) is 5.82 Å². The van der Waals surface area contributed by atoms with E-state index in [4.69, 9.17) is 14.4 Å². The molecule has 0 fully saturated rings. The maximum absolute atomic E-state index is 5.21. The lowest BCUT2D eigenvalue weighted by Gasteiger charge is -2.09. The van der Waals surface area contributed by atoms with Crippen molar-refractivity contribution in [3.8, 4) is 22.6 Å². The van der Waals surface area contributed by atoms with Crippen LogP contribution in [0.5, 0.6) is 0 Å². The van der Waals surface area contributed by atoms with Gasteiger partial charge in [-0.05, 0) is 56.0 Å². The Kier molecular flexibility index (Phi) is 5.69. The number of aryl methyl sites for hydroxylation is 3. The standard InChI is InChI=1S/C26H24N4OS/c1-17-5-10-23(28-15-17)20-8-6-19(7-9-20)4-3-12-27-25-22-14-18(2)32-26(22)30-24(29-25)21-11-13-31-16-21/h5-11,13-16H,3-4,12H2,1-2H3,(H,27,29,30). The van der Waals surface area contributed by atoms with Gasteiger partial charge in [0.1, 0.15) is 16.9 Å². The predicted molar refractivity (Wildman–Crippen MR) is 131 cm³/mol. The quantitative estimate of drug-likeness (QED) is 0.286. The average molecular weight is 441 g/mol. The van der Waals surface area contributed by atoms with Crippen molar-refractivity contribution in [2.24, 2.45) is 0 Å². The average Bonchev–Trinajstić information content (AvgIpc) is 3.47. The molecule has 0 bridgehead atoms. The summed E-state index contributed by atoms with van der Waals surface area (Å²) in [6.07, 6.45) is 7.25. The van der Waals surface area contributed by atoms with Crippen LogP contribution in [0.25, 0.3) is 32.9 Å². The van der Waals surface area contributed by atoms with Crippen LogP contribution in [0.2, 0.25) is 0 Å². The highest BCUT2D eigenvalue weighted by molar-refractivity contribution is 7.18. The van der Waals surface area contributed by atoms with Gasteiger partial charge in [-0.3, -0.25) is 4.98 Å². The lowest BCUT2D eigenvalue weighted by atomic mass is 10.0. The smallest absolute Gasteiger partial charge is 0.166 e. The van der Waals surface area contributed by atoms with Crippen LogP contribution in [0.1, 0.15) is 22.4 Å². The van der Waals surface area contributed by atoms with Gasteiger partial charge in [0, 0.05) is 23.2 Å².